The van der Waals surface area contributed by atoms with Gasteiger partial charge in [0.05, 0.1) is 16.9 Å². The molecule has 1 saturated heterocycles. The van der Waals surface area contributed by atoms with E-state index in [-0.39, 0.29) is 18.3 Å². The Hall–Kier alpha value is -0.545. The lowest BCUT2D eigenvalue weighted by Gasteiger charge is -2.32. The molecule has 2 aliphatic rings. The van der Waals surface area contributed by atoms with Crippen molar-refractivity contribution >= 4 is 12.8 Å². The molecule has 0 aromatic heterocycles. The van der Waals surface area contributed by atoms with E-state index in [0.29, 0.717) is 11.7 Å². The van der Waals surface area contributed by atoms with Crippen LogP contribution in [-0.2, 0) is 14.1 Å². The highest BCUT2D eigenvalue weighted by atomic mass is 16.7. The van der Waals surface area contributed by atoms with E-state index in [4.69, 9.17) is 14.1 Å². The fraction of sp³-hybridized carbons (Fsp3) is 0.933. The molecule has 20 heavy (non-hydrogen) atoms. The highest BCUT2D eigenvalue weighted by molar-refractivity contribution is 6.49. The molecular formula is C15H28BNO3. The van der Waals surface area contributed by atoms with Gasteiger partial charge in [-0.1, -0.05) is 18.5 Å². The number of hydrogen-bond acceptors (Lipinski definition) is 4. The summed E-state index contributed by atoms with van der Waals surface area (Å²) in [6, 6.07) is 0. The van der Waals surface area contributed by atoms with Crippen molar-refractivity contribution in [3.05, 3.63) is 0 Å². The van der Waals surface area contributed by atoms with Gasteiger partial charge in [0.15, 0.2) is 0 Å². The van der Waals surface area contributed by atoms with Crippen LogP contribution in [0.5, 0.6) is 0 Å². The zero-order valence-corrected chi connectivity index (χ0v) is 13.7. The smallest absolute Gasteiger partial charge is 0.403 e. The van der Waals surface area contributed by atoms with Crippen molar-refractivity contribution in [2.75, 3.05) is 7.11 Å². The Morgan fingerprint density at radius 2 is 1.85 bits per heavy atom. The molecule has 0 bridgehead atoms. The minimum Gasteiger partial charge on any atom is -0.403 e. The highest BCUT2D eigenvalue weighted by Crippen LogP contribution is 2.54. The molecule has 0 amide bonds. The first-order chi connectivity index (χ1) is 9.32. The van der Waals surface area contributed by atoms with E-state index in [2.05, 4.69) is 39.8 Å². The summed E-state index contributed by atoms with van der Waals surface area (Å²) in [5, 5.41) is 4.22. The topological polar surface area (TPSA) is 40.0 Å². The van der Waals surface area contributed by atoms with Crippen LogP contribution in [0, 0.1) is 5.92 Å². The molecule has 0 aromatic carbocycles. The molecule has 0 radical (unpaired) electrons. The van der Waals surface area contributed by atoms with Crippen LogP contribution in [0.4, 0.5) is 0 Å². The second-order valence-electron chi connectivity index (χ2n) is 7.00. The predicted molar refractivity (Wildman–Crippen MR) is 81.9 cm³/mol. The normalized spacial score (nSPS) is 31.5. The first kappa shape index (κ1) is 15.8. The molecule has 114 valence electrons. The molecule has 0 aromatic rings. The largest absolute Gasteiger partial charge is 0.461 e. The Bertz CT molecular complexity index is 365. The summed E-state index contributed by atoms with van der Waals surface area (Å²) in [6.07, 6.45) is 4.46. The number of rotatable bonds is 6. The molecule has 2 fully saturated rings. The highest BCUT2D eigenvalue weighted by Gasteiger charge is 2.60. The van der Waals surface area contributed by atoms with Gasteiger partial charge in [0, 0.05) is 11.7 Å². The molecule has 2 rings (SSSR count). The summed E-state index contributed by atoms with van der Waals surface area (Å²) in [5.41, 5.74) is 0.689. The third kappa shape index (κ3) is 3.04. The number of oxime groups is 1. The summed E-state index contributed by atoms with van der Waals surface area (Å²) >= 11 is 0. The van der Waals surface area contributed by atoms with Crippen molar-refractivity contribution in [2.45, 2.75) is 77.3 Å². The Morgan fingerprint density at radius 1 is 1.25 bits per heavy atom. The molecule has 1 heterocycles. The van der Waals surface area contributed by atoms with Crippen LogP contribution >= 0.6 is 0 Å². The van der Waals surface area contributed by atoms with Crippen LogP contribution in [0.3, 0.4) is 0 Å². The molecule has 1 saturated carbocycles. The van der Waals surface area contributed by atoms with E-state index < -0.39 is 0 Å². The SMILES string of the molecule is CCCC/C(=N\OC)[C@@H]1C[C@@H]1B1OC(C)(C)C(C)(C)O1. The van der Waals surface area contributed by atoms with E-state index in [1.807, 2.05) is 0 Å². The van der Waals surface area contributed by atoms with Crippen molar-refractivity contribution in [1.82, 2.24) is 0 Å². The van der Waals surface area contributed by atoms with Crippen molar-refractivity contribution < 1.29 is 14.1 Å². The first-order valence-electron chi connectivity index (χ1n) is 7.78. The lowest BCUT2D eigenvalue weighted by Crippen LogP contribution is -2.41. The van der Waals surface area contributed by atoms with Gasteiger partial charge in [-0.05, 0) is 47.0 Å². The molecule has 0 unspecified atom stereocenters. The lowest BCUT2D eigenvalue weighted by atomic mass is 9.79. The third-order valence-corrected chi connectivity index (χ3v) is 4.88. The van der Waals surface area contributed by atoms with Crippen LogP contribution in [-0.4, -0.2) is 31.1 Å². The van der Waals surface area contributed by atoms with E-state index >= 15 is 0 Å². The monoisotopic (exact) mass is 281 g/mol. The Kier molecular flexibility index (Phi) is 4.50. The Morgan fingerprint density at radius 3 is 2.35 bits per heavy atom. The summed E-state index contributed by atoms with van der Waals surface area (Å²) in [7, 11) is 1.52. The van der Waals surface area contributed by atoms with Crippen molar-refractivity contribution in [1.29, 1.82) is 0 Å². The lowest BCUT2D eigenvalue weighted by molar-refractivity contribution is 0.00578. The number of nitrogens with zero attached hydrogens (tertiary/aromatic N) is 1. The molecule has 2 atom stereocenters. The van der Waals surface area contributed by atoms with E-state index in [1.54, 1.807) is 7.11 Å². The fourth-order valence-electron chi connectivity index (χ4n) is 2.74. The van der Waals surface area contributed by atoms with E-state index in [1.165, 1.54) is 12.1 Å². The molecule has 0 spiro atoms. The zero-order chi connectivity index (χ0) is 15.0. The molecular weight excluding hydrogens is 253 g/mol. The standard InChI is InChI=1S/C15H28BNO3/c1-7-8-9-13(17-18-6)11-10-12(11)16-19-14(2,3)15(4,5)20-16/h11-12H,7-10H2,1-6H3/b17-13+/t11-,12+/m1/s1. The van der Waals surface area contributed by atoms with Crippen LogP contribution < -0.4 is 0 Å². The van der Waals surface area contributed by atoms with Gasteiger partial charge in [-0.3, -0.25) is 0 Å². The van der Waals surface area contributed by atoms with Crippen LogP contribution in [0.2, 0.25) is 5.82 Å². The van der Waals surface area contributed by atoms with Gasteiger partial charge in [-0.2, -0.15) is 0 Å². The van der Waals surface area contributed by atoms with Crippen LogP contribution in [0.1, 0.15) is 60.3 Å². The zero-order valence-electron chi connectivity index (χ0n) is 13.7. The van der Waals surface area contributed by atoms with Crippen molar-refractivity contribution in [3.63, 3.8) is 0 Å². The molecule has 4 nitrogen and oxygen atoms in total. The molecule has 0 N–H and O–H groups in total. The van der Waals surface area contributed by atoms with E-state index in [9.17, 15) is 0 Å². The minimum atomic E-state index is -0.243. The maximum atomic E-state index is 6.13. The summed E-state index contributed by atoms with van der Waals surface area (Å²) in [5.74, 6) is 0.901. The Balaban J connectivity index is 1.96. The summed E-state index contributed by atoms with van der Waals surface area (Å²) in [6.45, 7) is 10.6. The van der Waals surface area contributed by atoms with Gasteiger partial charge in [0.1, 0.15) is 7.11 Å². The maximum Gasteiger partial charge on any atom is 0.461 e. The van der Waals surface area contributed by atoms with Gasteiger partial charge < -0.3 is 14.1 Å². The van der Waals surface area contributed by atoms with Gasteiger partial charge in [-0.25, -0.2) is 0 Å². The van der Waals surface area contributed by atoms with Crippen molar-refractivity contribution in [2.24, 2.45) is 11.1 Å². The average Bonchev–Trinajstić information content (AvgIpc) is 3.09. The fourth-order valence-corrected chi connectivity index (χ4v) is 2.74. The maximum absolute atomic E-state index is 6.13. The Labute approximate surface area is 123 Å². The number of hydrogen-bond donors (Lipinski definition) is 0. The minimum absolute atomic E-state index is 0.103. The van der Waals surface area contributed by atoms with Crippen LogP contribution in [0.25, 0.3) is 0 Å². The van der Waals surface area contributed by atoms with Gasteiger partial charge in [0.2, 0.25) is 0 Å². The number of unbranched alkanes of at least 4 members (excludes halogenated alkanes) is 1. The van der Waals surface area contributed by atoms with Gasteiger partial charge >= 0.3 is 7.12 Å². The van der Waals surface area contributed by atoms with Crippen molar-refractivity contribution in [3.8, 4) is 0 Å². The predicted octanol–water partition coefficient (Wildman–Crippen LogP) is 3.66. The van der Waals surface area contributed by atoms with Crippen LogP contribution in [0.15, 0.2) is 5.16 Å². The summed E-state index contributed by atoms with van der Waals surface area (Å²) in [4.78, 5) is 5.00. The second-order valence-corrected chi connectivity index (χ2v) is 7.00. The molecule has 1 aliphatic heterocycles. The average molecular weight is 281 g/mol. The molecule has 1 aliphatic carbocycles. The van der Waals surface area contributed by atoms with Gasteiger partial charge in [-0.15, -0.1) is 0 Å². The molecule has 5 heteroatoms. The van der Waals surface area contributed by atoms with Gasteiger partial charge in [0.25, 0.3) is 0 Å². The summed E-state index contributed by atoms with van der Waals surface area (Å²) < 4.78 is 12.3. The van der Waals surface area contributed by atoms with E-state index in [0.717, 1.165) is 19.3 Å². The quantitative estimate of drug-likeness (QED) is 0.424. The first-order valence-corrected chi connectivity index (χ1v) is 7.78. The third-order valence-electron chi connectivity index (χ3n) is 4.88. The second kappa shape index (κ2) is 5.68.